The molecular formula is C14H25N3. The van der Waals surface area contributed by atoms with Crippen LogP contribution >= 0.6 is 0 Å². The molecule has 0 aromatic heterocycles. The molecule has 0 radical (unpaired) electrons. The van der Waals surface area contributed by atoms with Gasteiger partial charge >= 0.3 is 0 Å². The van der Waals surface area contributed by atoms with Gasteiger partial charge in [-0.25, -0.2) is 0 Å². The lowest BCUT2D eigenvalue weighted by molar-refractivity contribution is 0.349. The summed E-state index contributed by atoms with van der Waals surface area (Å²) in [6.45, 7) is 6.37. The first-order valence-corrected chi connectivity index (χ1v) is 6.29. The first-order valence-electron chi connectivity index (χ1n) is 6.29. The van der Waals surface area contributed by atoms with E-state index in [1.54, 1.807) is 0 Å². The maximum absolute atomic E-state index is 3.47. The minimum Gasteiger partial charge on any atom is -0.378 e. The van der Waals surface area contributed by atoms with Crippen LogP contribution < -0.4 is 10.2 Å². The first-order chi connectivity index (χ1) is 8.13. The van der Waals surface area contributed by atoms with E-state index in [0.29, 0.717) is 0 Å². The summed E-state index contributed by atoms with van der Waals surface area (Å²) in [4.78, 5) is 4.44. The Kier molecular flexibility index (Phi) is 6.01. The molecule has 0 bridgehead atoms. The summed E-state index contributed by atoms with van der Waals surface area (Å²) >= 11 is 0. The van der Waals surface area contributed by atoms with Gasteiger partial charge in [0.1, 0.15) is 0 Å². The van der Waals surface area contributed by atoms with Gasteiger partial charge in [-0.05, 0) is 31.3 Å². The number of hydrogen-bond acceptors (Lipinski definition) is 3. The maximum Gasteiger partial charge on any atom is 0.0364 e. The molecule has 0 heterocycles. The Hall–Kier alpha value is -1.06. The molecule has 3 heteroatoms. The van der Waals surface area contributed by atoms with E-state index >= 15 is 0 Å². The fourth-order valence-corrected chi connectivity index (χ4v) is 1.61. The Morgan fingerprint density at radius 3 is 2.59 bits per heavy atom. The summed E-state index contributed by atoms with van der Waals surface area (Å²) in [5.41, 5.74) is 2.60. The fraction of sp³-hybridized carbons (Fsp3) is 0.571. The molecule has 17 heavy (non-hydrogen) atoms. The lowest BCUT2D eigenvalue weighted by Gasteiger charge is -2.15. The molecule has 96 valence electrons. The van der Waals surface area contributed by atoms with Gasteiger partial charge in [0.25, 0.3) is 0 Å². The molecule has 1 aromatic rings. The molecule has 0 unspecified atom stereocenters. The monoisotopic (exact) mass is 235 g/mol. The zero-order chi connectivity index (χ0) is 12.7. The molecule has 1 rings (SSSR count). The summed E-state index contributed by atoms with van der Waals surface area (Å²) in [5.74, 6) is 0. The number of nitrogens with one attached hydrogen (secondary N) is 1. The Bertz CT molecular complexity index is 323. The van der Waals surface area contributed by atoms with E-state index in [4.69, 9.17) is 0 Å². The first kappa shape index (κ1) is 14.0. The van der Waals surface area contributed by atoms with Crippen LogP contribution in [0.3, 0.4) is 0 Å². The van der Waals surface area contributed by atoms with Crippen molar-refractivity contribution >= 4 is 5.69 Å². The lowest BCUT2D eigenvalue weighted by Crippen LogP contribution is -2.28. The zero-order valence-corrected chi connectivity index (χ0v) is 11.5. The third-order valence-corrected chi connectivity index (χ3v) is 2.97. The van der Waals surface area contributed by atoms with Crippen molar-refractivity contribution in [3.8, 4) is 0 Å². The van der Waals surface area contributed by atoms with Gasteiger partial charge in [0.15, 0.2) is 0 Å². The van der Waals surface area contributed by atoms with Gasteiger partial charge in [0.05, 0.1) is 0 Å². The second kappa shape index (κ2) is 7.30. The smallest absolute Gasteiger partial charge is 0.0364 e. The molecule has 1 aromatic carbocycles. The maximum atomic E-state index is 3.47. The molecule has 1 N–H and O–H groups in total. The molecule has 0 aliphatic rings. The van der Waals surface area contributed by atoms with E-state index in [-0.39, 0.29) is 0 Å². The number of anilines is 1. The van der Waals surface area contributed by atoms with Crippen molar-refractivity contribution in [1.29, 1.82) is 0 Å². The average molecular weight is 235 g/mol. The summed E-state index contributed by atoms with van der Waals surface area (Å²) in [7, 11) is 6.29. The normalized spacial score (nSPS) is 10.9. The second-order valence-electron chi connectivity index (χ2n) is 4.64. The van der Waals surface area contributed by atoms with Crippen molar-refractivity contribution < 1.29 is 0 Å². The minimum atomic E-state index is 0.944. The zero-order valence-electron chi connectivity index (χ0n) is 11.5. The number of benzene rings is 1. The SMILES string of the molecule is CCN(C)CCNCc1cccc(N(C)C)c1. The summed E-state index contributed by atoms with van der Waals surface area (Å²) in [6.07, 6.45) is 0. The van der Waals surface area contributed by atoms with Crippen LogP contribution in [0.5, 0.6) is 0 Å². The minimum absolute atomic E-state index is 0.944. The van der Waals surface area contributed by atoms with Crippen LogP contribution in [0.2, 0.25) is 0 Å². The second-order valence-corrected chi connectivity index (χ2v) is 4.64. The van der Waals surface area contributed by atoms with Gasteiger partial charge in [-0.15, -0.1) is 0 Å². The van der Waals surface area contributed by atoms with Crippen LogP contribution in [-0.4, -0.2) is 45.7 Å². The van der Waals surface area contributed by atoms with Crippen LogP contribution in [0.1, 0.15) is 12.5 Å². The third kappa shape index (κ3) is 5.20. The van der Waals surface area contributed by atoms with Gasteiger partial charge in [-0.1, -0.05) is 19.1 Å². The predicted octanol–water partition coefficient (Wildman–Crippen LogP) is 1.79. The van der Waals surface area contributed by atoms with Crippen LogP contribution in [0.25, 0.3) is 0 Å². The quantitative estimate of drug-likeness (QED) is 0.727. The highest BCUT2D eigenvalue weighted by Gasteiger charge is 1.98. The van der Waals surface area contributed by atoms with Gasteiger partial charge < -0.3 is 15.1 Å². The van der Waals surface area contributed by atoms with Crippen LogP contribution in [0, 0.1) is 0 Å². The predicted molar refractivity (Wildman–Crippen MR) is 75.6 cm³/mol. The lowest BCUT2D eigenvalue weighted by atomic mass is 10.2. The molecule has 0 saturated heterocycles. The number of nitrogens with zero attached hydrogens (tertiary/aromatic N) is 2. The van der Waals surface area contributed by atoms with Crippen molar-refractivity contribution in [1.82, 2.24) is 10.2 Å². The van der Waals surface area contributed by atoms with Gasteiger partial charge in [0.2, 0.25) is 0 Å². The van der Waals surface area contributed by atoms with Crippen LogP contribution in [-0.2, 0) is 6.54 Å². The van der Waals surface area contributed by atoms with Crippen molar-refractivity contribution in [3.63, 3.8) is 0 Å². The summed E-state index contributed by atoms with van der Waals surface area (Å²) < 4.78 is 0. The van der Waals surface area contributed by atoms with E-state index in [2.05, 4.69) is 67.4 Å². The largest absolute Gasteiger partial charge is 0.378 e. The van der Waals surface area contributed by atoms with E-state index in [0.717, 1.165) is 26.2 Å². The molecule has 0 atom stereocenters. The highest BCUT2D eigenvalue weighted by molar-refractivity contribution is 5.47. The van der Waals surface area contributed by atoms with Crippen LogP contribution in [0.15, 0.2) is 24.3 Å². The third-order valence-electron chi connectivity index (χ3n) is 2.97. The van der Waals surface area contributed by atoms with Gasteiger partial charge in [-0.3, -0.25) is 0 Å². The average Bonchev–Trinajstić information content (AvgIpc) is 2.34. The van der Waals surface area contributed by atoms with E-state index in [1.165, 1.54) is 11.3 Å². The molecule has 0 saturated carbocycles. The van der Waals surface area contributed by atoms with E-state index < -0.39 is 0 Å². The number of likely N-dealkylation sites (N-methyl/N-ethyl adjacent to an activating group) is 1. The number of rotatable bonds is 7. The Morgan fingerprint density at radius 2 is 1.94 bits per heavy atom. The Balaban J connectivity index is 2.34. The van der Waals surface area contributed by atoms with Crippen molar-refractivity contribution in [2.45, 2.75) is 13.5 Å². The summed E-state index contributed by atoms with van der Waals surface area (Å²) in [6, 6.07) is 8.65. The fourth-order valence-electron chi connectivity index (χ4n) is 1.61. The standard InChI is InChI=1S/C14H25N3/c1-5-17(4)10-9-15-12-13-7-6-8-14(11-13)16(2)3/h6-8,11,15H,5,9-10,12H2,1-4H3. The van der Waals surface area contributed by atoms with Gasteiger partial charge in [0, 0.05) is 39.4 Å². The molecule has 0 fully saturated rings. The van der Waals surface area contributed by atoms with Crippen molar-refractivity contribution in [2.24, 2.45) is 0 Å². The topological polar surface area (TPSA) is 18.5 Å². The van der Waals surface area contributed by atoms with Gasteiger partial charge in [-0.2, -0.15) is 0 Å². The molecular weight excluding hydrogens is 210 g/mol. The molecule has 0 amide bonds. The Labute approximate surface area is 105 Å². The highest BCUT2D eigenvalue weighted by atomic mass is 15.1. The van der Waals surface area contributed by atoms with E-state index in [1.807, 2.05) is 0 Å². The Morgan fingerprint density at radius 1 is 1.18 bits per heavy atom. The van der Waals surface area contributed by atoms with Crippen LogP contribution in [0.4, 0.5) is 5.69 Å². The molecule has 0 aliphatic carbocycles. The summed E-state index contributed by atoms with van der Waals surface area (Å²) in [5, 5.41) is 3.47. The molecule has 3 nitrogen and oxygen atoms in total. The molecule has 0 aliphatic heterocycles. The highest BCUT2D eigenvalue weighted by Crippen LogP contribution is 2.12. The van der Waals surface area contributed by atoms with Crippen molar-refractivity contribution in [2.75, 3.05) is 45.7 Å². The number of hydrogen-bond donors (Lipinski definition) is 1. The molecule has 0 spiro atoms. The van der Waals surface area contributed by atoms with E-state index in [9.17, 15) is 0 Å². The van der Waals surface area contributed by atoms with Crippen molar-refractivity contribution in [3.05, 3.63) is 29.8 Å².